The normalized spacial score (nSPS) is 19.1. The van der Waals surface area contributed by atoms with Crippen LogP contribution in [-0.2, 0) is 9.53 Å². The topological polar surface area (TPSA) is 52.1 Å². The summed E-state index contributed by atoms with van der Waals surface area (Å²) in [4.78, 5) is 20.7. The van der Waals surface area contributed by atoms with E-state index in [0.717, 1.165) is 11.3 Å². The highest BCUT2D eigenvalue weighted by molar-refractivity contribution is 6.14. The van der Waals surface area contributed by atoms with Crippen molar-refractivity contribution >= 4 is 17.9 Å². The maximum Gasteiger partial charge on any atom is 0.189 e. The maximum atomic E-state index is 12.5. The molecule has 2 aromatic heterocycles. The van der Waals surface area contributed by atoms with Crippen LogP contribution in [0.2, 0.25) is 0 Å². The number of carbonyl (C=O) groups is 1. The lowest BCUT2D eigenvalue weighted by Crippen LogP contribution is -2.22. The highest BCUT2D eigenvalue weighted by Gasteiger charge is 2.21. The van der Waals surface area contributed by atoms with Crippen LogP contribution in [0.4, 0.5) is 0 Å². The number of ether oxygens (including phenoxy) is 1. The van der Waals surface area contributed by atoms with Gasteiger partial charge in [-0.1, -0.05) is 12.1 Å². The molecule has 0 atom stereocenters. The molecule has 0 spiro atoms. The molecule has 0 aliphatic carbocycles. The first kappa shape index (κ1) is 13.4. The molecule has 104 valence electrons. The van der Waals surface area contributed by atoms with E-state index in [-0.39, 0.29) is 5.78 Å². The Bertz CT molecular complexity index is 632. The molecular weight excluding hydrogens is 264 g/mol. The van der Waals surface area contributed by atoms with Crippen molar-refractivity contribution in [3.8, 4) is 0 Å². The molecule has 1 fully saturated rings. The third-order valence-electron chi connectivity index (χ3n) is 3.13. The smallest absolute Gasteiger partial charge is 0.189 e. The first-order valence-corrected chi connectivity index (χ1v) is 6.67. The van der Waals surface area contributed by atoms with Crippen LogP contribution in [0.1, 0.15) is 11.3 Å². The van der Waals surface area contributed by atoms with Gasteiger partial charge in [0.05, 0.1) is 18.9 Å². The molecule has 2 aromatic rings. The summed E-state index contributed by atoms with van der Waals surface area (Å²) in [5.41, 5.74) is 2.90. The first-order valence-electron chi connectivity index (χ1n) is 6.67. The molecule has 1 aliphatic heterocycles. The molecule has 0 N–H and O–H groups in total. The highest BCUT2D eigenvalue weighted by Crippen LogP contribution is 2.19. The Morgan fingerprint density at radius 3 is 2.57 bits per heavy atom. The predicted octanol–water partition coefficient (Wildman–Crippen LogP) is 2.54. The Morgan fingerprint density at radius 2 is 1.86 bits per heavy atom. The van der Waals surface area contributed by atoms with Gasteiger partial charge in [-0.25, -0.2) is 0 Å². The largest absolute Gasteiger partial charge is 0.372 e. The van der Waals surface area contributed by atoms with Crippen LogP contribution >= 0.6 is 0 Å². The average Bonchev–Trinajstić information content (AvgIpc) is 2.53. The van der Waals surface area contributed by atoms with E-state index in [4.69, 9.17) is 4.74 Å². The molecule has 21 heavy (non-hydrogen) atoms. The van der Waals surface area contributed by atoms with Crippen LogP contribution in [0.3, 0.4) is 0 Å². The number of rotatable bonds is 2. The molecule has 4 nitrogen and oxygen atoms in total. The van der Waals surface area contributed by atoms with Crippen LogP contribution in [0.25, 0.3) is 12.2 Å². The van der Waals surface area contributed by atoms with Gasteiger partial charge in [0.1, 0.15) is 0 Å². The minimum Gasteiger partial charge on any atom is -0.372 e. The Hall–Kier alpha value is -2.59. The summed E-state index contributed by atoms with van der Waals surface area (Å²) < 4.78 is 5.50. The molecule has 0 saturated carbocycles. The molecule has 1 saturated heterocycles. The second-order valence-electron chi connectivity index (χ2n) is 4.70. The molecule has 3 heterocycles. The van der Waals surface area contributed by atoms with Crippen LogP contribution in [0.5, 0.6) is 0 Å². The number of ketones is 1. The number of hydrogen-bond acceptors (Lipinski definition) is 4. The zero-order chi connectivity index (χ0) is 14.5. The Labute approximate surface area is 122 Å². The third-order valence-corrected chi connectivity index (χ3v) is 3.13. The molecule has 0 bridgehead atoms. The fraction of sp³-hybridized carbons (Fsp3) is 0.118. The predicted molar refractivity (Wildman–Crippen MR) is 80.3 cm³/mol. The van der Waals surface area contributed by atoms with Crippen molar-refractivity contribution in [2.75, 3.05) is 13.2 Å². The summed E-state index contributed by atoms with van der Waals surface area (Å²) in [6.07, 6.45) is 8.72. The SMILES string of the molecule is O=C1/C(=C/c2cccnc2)COC/C1=C\c1ccccn1. The maximum absolute atomic E-state index is 12.5. The summed E-state index contributed by atoms with van der Waals surface area (Å²) in [7, 11) is 0. The van der Waals surface area contributed by atoms with Gasteiger partial charge in [-0.3, -0.25) is 14.8 Å². The zero-order valence-electron chi connectivity index (χ0n) is 11.4. The van der Waals surface area contributed by atoms with E-state index in [2.05, 4.69) is 9.97 Å². The lowest BCUT2D eigenvalue weighted by atomic mass is 9.99. The Morgan fingerprint density at radius 1 is 1.00 bits per heavy atom. The third kappa shape index (κ3) is 3.30. The Balaban J connectivity index is 1.88. The van der Waals surface area contributed by atoms with E-state index in [0.29, 0.717) is 24.4 Å². The van der Waals surface area contributed by atoms with E-state index in [1.165, 1.54) is 0 Å². The van der Waals surface area contributed by atoms with Crippen molar-refractivity contribution in [2.24, 2.45) is 0 Å². The number of Topliss-reactive ketones (excluding diaryl/α,β-unsaturated/α-hetero) is 1. The number of carbonyl (C=O) groups excluding carboxylic acids is 1. The summed E-state index contributed by atoms with van der Waals surface area (Å²) in [5, 5.41) is 0. The van der Waals surface area contributed by atoms with Crippen LogP contribution in [0, 0.1) is 0 Å². The summed E-state index contributed by atoms with van der Waals surface area (Å²) in [6, 6.07) is 9.34. The van der Waals surface area contributed by atoms with Gasteiger partial charge in [-0.15, -0.1) is 0 Å². The van der Waals surface area contributed by atoms with Gasteiger partial charge in [0, 0.05) is 29.7 Å². The van der Waals surface area contributed by atoms with Crippen LogP contribution in [-0.4, -0.2) is 29.0 Å². The van der Waals surface area contributed by atoms with E-state index >= 15 is 0 Å². The summed E-state index contributed by atoms with van der Waals surface area (Å²) in [6.45, 7) is 0.646. The van der Waals surface area contributed by atoms with E-state index in [1.807, 2.05) is 36.4 Å². The molecular formula is C17H14N2O2. The molecule has 0 amide bonds. The van der Waals surface area contributed by atoms with Gasteiger partial charge >= 0.3 is 0 Å². The van der Waals surface area contributed by atoms with Gasteiger partial charge in [0.15, 0.2) is 5.78 Å². The molecule has 3 rings (SSSR count). The molecule has 4 heteroatoms. The monoisotopic (exact) mass is 278 g/mol. The van der Waals surface area contributed by atoms with Crippen molar-refractivity contribution in [2.45, 2.75) is 0 Å². The minimum absolute atomic E-state index is 0.00996. The summed E-state index contributed by atoms with van der Waals surface area (Å²) in [5.74, 6) is 0.00996. The van der Waals surface area contributed by atoms with Crippen LogP contribution in [0.15, 0.2) is 60.1 Å². The lowest BCUT2D eigenvalue weighted by Gasteiger charge is -2.17. The number of pyridine rings is 2. The zero-order valence-corrected chi connectivity index (χ0v) is 11.4. The van der Waals surface area contributed by atoms with Crippen molar-refractivity contribution < 1.29 is 9.53 Å². The van der Waals surface area contributed by atoms with Crippen molar-refractivity contribution in [3.63, 3.8) is 0 Å². The fourth-order valence-electron chi connectivity index (χ4n) is 2.13. The van der Waals surface area contributed by atoms with Crippen molar-refractivity contribution in [3.05, 3.63) is 71.3 Å². The van der Waals surface area contributed by atoms with Gasteiger partial charge in [-0.05, 0) is 35.9 Å². The highest BCUT2D eigenvalue weighted by atomic mass is 16.5. The Kier molecular flexibility index (Phi) is 3.98. The van der Waals surface area contributed by atoms with E-state index in [9.17, 15) is 4.79 Å². The number of hydrogen-bond donors (Lipinski definition) is 0. The van der Waals surface area contributed by atoms with Gasteiger partial charge in [0.2, 0.25) is 0 Å². The molecule has 0 aromatic carbocycles. The second kappa shape index (κ2) is 6.24. The summed E-state index contributed by atoms with van der Waals surface area (Å²) >= 11 is 0. The minimum atomic E-state index is 0.00996. The van der Waals surface area contributed by atoms with Crippen molar-refractivity contribution in [1.82, 2.24) is 9.97 Å². The average molecular weight is 278 g/mol. The van der Waals surface area contributed by atoms with E-state index < -0.39 is 0 Å². The fourth-order valence-corrected chi connectivity index (χ4v) is 2.13. The lowest BCUT2D eigenvalue weighted by molar-refractivity contribution is -0.114. The second-order valence-corrected chi connectivity index (χ2v) is 4.70. The number of aromatic nitrogens is 2. The van der Waals surface area contributed by atoms with Gasteiger partial charge in [0.25, 0.3) is 0 Å². The molecule has 1 aliphatic rings. The standard InChI is InChI=1S/C17H14N2O2/c20-17-14(8-13-4-3-6-18-10-13)11-21-12-15(17)9-16-5-1-2-7-19-16/h1-10H,11-12H2/b14-8+,15-9+. The van der Waals surface area contributed by atoms with E-state index in [1.54, 1.807) is 24.7 Å². The van der Waals surface area contributed by atoms with Crippen LogP contribution < -0.4 is 0 Å². The number of nitrogens with zero attached hydrogens (tertiary/aromatic N) is 2. The van der Waals surface area contributed by atoms with Gasteiger partial charge in [-0.2, -0.15) is 0 Å². The molecule has 0 radical (unpaired) electrons. The van der Waals surface area contributed by atoms with Gasteiger partial charge < -0.3 is 4.74 Å². The first-order chi connectivity index (χ1) is 10.3. The van der Waals surface area contributed by atoms with Crippen molar-refractivity contribution in [1.29, 1.82) is 0 Å². The quantitative estimate of drug-likeness (QED) is 0.792. The molecule has 0 unspecified atom stereocenters.